The lowest BCUT2D eigenvalue weighted by molar-refractivity contribution is 0.0983. The average molecular weight is 451 g/mol. The van der Waals surface area contributed by atoms with Crippen LogP contribution in [0, 0.1) is 5.82 Å². The van der Waals surface area contributed by atoms with E-state index < -0.39 is 11.7 Å². The molecule has 0 fully saturated rings. The highest BCUT2D eigenvalue weighted by atomic mass is 19.1. The molecule has 1 N–H and O–H groups in total. The van der Waals surface area contributed by atoms with E-state index in [1.54, 1.807) is 30.3 Å². The molecule has 0 aromatic heterocycles. The van der Waals surface area contributed by atoms with Crippen LogP contribution in [0.1, 0.15) is 37.4 Å². The molecule has 0 bridgehead atoms. The minimum atomic E-state index is -0.581. The van der Waals surface area contributed by atoms with Crippen LogP contribution in [0.15, 0.2) is 97.1 Å². The lowest BCUT2D eigenvalue weighted by Crippen LogP contribution is -2.32. The number of benzene rings is 4. The fraction of sp³-hybridized carbons (Fsp3) is 0.103. The first-order valence-electron chi connectivity index (χ1n) is 11.2. The van der Waals surface area contributed by atoms with Crippen LogP contribution in [-0.2, 0) is 19.4 Å². The van der Waals surface area contributed by atoms with Crippen molar-refractivity contribution in [1.82, 2.24) is 0 Å². The van der Waals surface area contributed by atoms with E-state index in [0.29, 0.717) is 17.8 Å². The molecule has 4 aromatic carbocycles. The normalized spacial score (nSPS) is 12.7. The number of nitrogens with one attached hydrogen (secondary N) is 1. The van der Waals surface area contributed by atoms with Gasteiger partial charge in [-0.1, -0.05) is 54.6 Å². The van der Waals surface area contributed by atoms with Gasteiger partial charge in [-0.2, -0.15) is 0 Å². The van der Waals surface area contributed by atoms with Crippen molar-refractivity contribution < 1.29 is 14.0 Å². The van der Waals surface area contributed by atoms with Crippen molar-refractivity contribution in [1.29, 1.82) is 0 Å². The second kappa shape index (κ2) is 9.32. The molecule has 168 valence electrons. The number of carbonyl (C=O) groups excluding carboxylic acids is 2. The monoisotopic (exact) mass is 450 g/mol. The van der Waals surface area contributed by atoms with Gasteiger partial charge in [0.1, 0.15) is 5.82 Å². The standard InChI is InChI=1S/C29H23FN2O2/c30-26-11-5-4-10-25(26)28(33)31-24-17-15-22(16-18-24)29(34)32-19-23-9-2-1-7-20(23)13-14-21-8-3-6-12-27(21)32/h1-12,15-18H,13-14,19H2,(H,31,33). The number of nitrogens with zero attached hydrogens (tertiary/aromatic N) is 1. The number of anilines is 2. The fourth-order valence-corrected chi connectivity index (χ4v) is 4.34. The first kappa shape index (κ1) is 21.6. The van der Waals surface area contributed by atoms with Gasteiger partial charge >= 0.3 is 0 Å². The van der Waals surface area contributed by atoms with Gasteiger partial charge < -0.3 is 10.2 Å². The molecule has 4 nitrogen and oxygen atoms in total. The van der Waals surface area contributed by atoms with Gasteiger partial charge in [-0.05, 0) is 72.0 Å². The average Bonchev–Trinajstić information content (AvgIpc) is 2.86. The molecule has 5 rings (SSSR count). The summed E-state index contributed by atoms with van der Waals surface area (Å²) in [5, 5.41) is 2.69. The number of halogens is 1. The van der Waals surface area contributed by atoms with E-state index in [4.69, 9.17) is 0 Å². The smallest absolute Gasteiger partial charge is 0.258 e. The number of carbonyl (C=O) groups is 2. The number of para-hydroxylation sites is 1. The molecule has 5 heteroatoms. The Balaban J connectivity index is 1.41. The molecule has 1 aliphatic rings. The second-order valence-corrected chi connectivity index (χ2v) is 8.30. The van der Waals surface area contributed by atoms with Gasteiger partial charge in [-0.25, -0.2) is 4.39 Å². The van der Waals surface area contributed by atoms with Crippen molar-refractivity contribution in [3.8, 4) is 0 Å². The Kier molecular flexibility index (Phi) is 5.91. The van der Waals surface area contributed by atoms with Gasteiger partial charge in [-0.3, -0.25) is 9.59 Å². The molecule has 0 saturated carbocycles. The van der Waals surface area contributed by atoms with Gasteiger partial charge in [0.2, 0.25) is 0 Å². The third-order valence-corrected chi connectivity index (χ3v) is 6.15. The minimum Gasteiger partial charge on any atom is -0.322 e. The van der Waals surface area contributed by atoms with Crippen LogP contribution in [0.4, 0.5) is 15.8 Å². The molecular weight excluding hydrogens is 427 g/mol. The molecule has 4 aromatic rings. The van der Waals surface area contributed by atoms with Crippen LogP contribution in [0.25, 0.3) is 0 Å². The number of rotatable bonds is 3. The summed E-state index contributed by atoms with van der Waals surface area (Å²) in [4.78, 5) is 27.8. The summed E-state index contributed by atoms with van der Waals surface area (Å²) in [7, 11) is 0. The summed E-state index contributed by atoms with van der Waals surface area (Å²) in [6, 6.07) is 28.8. The van der Waals surface area contributed by atoms with Crippen molar-refractivity contribution in [2.75, 3.05) is 10.2 Å². The van der Waals surface area contributed by atoms with Crippen LogP contribution >= 0.6 is 0 Å². The van der Waals surface area contributed by atoms with Crippen molar-refractivity contribution in [3.05, 3.63) is 131 Å². The maximum absolute atomic E-state index is 13.9. The maximum atomic E-state index is 13.9. The van der Waals surface area contributed by atoms with Crippen molar-refractivity contribution in [3.63, 3.8) is 0 Å². The predicted molar refractivity (Wildman–Crippen MR) is 132 cm³/mol. The lowest BCUT2D eigenvalue weighted by atomic mass is 9.95. The molecule has 0 aliphatic carbocycles. The van der Waals surface area contributed by atoms with E-state index in [2.05, 4.69) is 23.5 Å². The Hall–Kier alpha value is -4.25. The highest BCUT2D eigenvalue weighted by molar-refractivity contribution is 6.07. The Morgan fingerprint density at radius 3 is 2.09 bits per heavy atom. The van der Waals surface area contributed by atoms with Crippen molar-refractivity contribution in [2.45, 2.75) is 19.4 Å². The van der Waals surface area contributed by atoms with E-state index in [1.165, 1.54) is 23.8 Å². The van der Waals surface area contributed by atoms with Gasteiger partial charge in [0.05, 0.1) is 12.1 Å². The molecular formula is C29H23FN2O2. The van der Waals surface area contributed by atoms with Gasteiger partial charge in [0, 0.05) is 16.9 Å². The van der Waals surface area contributed by atoms with E-state index in [-0.39, 0.29) is 11.5 Å². The quantitative estimate of drug-likeness (QED) is 0.415. The van der Waals surface area contributed by atoms with Crippen LogP contribution in [0.3, 0.4) is 0 Å². The van der Waals surface area contributed by atoms with Crippen LogP contribution < -0.4 is 10.2 Å². The first-order chi connectivity index (χ1) is 16.6. The predicted octanol–water partition coefficient (Wildman–Crippen LogP) is 6.02. The molecule has 0 unspecified atom stereocenters. The van der Waals surface area contributed by atoms with Gasteiger partial charge in [-0.15, -0.1) is 0 Å². The van der Waals surface area contributed by atoms with Crippen LogP contribution in [-0.4, -0.2) is 11.8 Å². The number of hydrogen-bond acceptors (Lipinski definition) is 2. The zero-order valence-electron chi connectivity index (χ0n) is 18.5. The molecule has 0 atom stereocenters. The van der Waals surface area contributed by atoms with E-state index >= 15 is 0 Å². The van der Waals surface area contributed by atoms with Crippen molar-refractivity contribution >= 4 is 23.2 Å². The second-order valence-electron chi connectivity index (χ2n) is 8.30. The molecule has 0 spiro atoms. The summed E-state index contributed by atoms with van der Waals surface area (Å²) >= 11 is 0. The summed E-state index contributed by atoms with van der Waals surface area (Å²) < 4.78 is 13.9. The first-order valence-corrected chi connectivity index (χ1v) is 11.2. The Labute approximate surface area is 197 Å². The third kappa shape index (κ3) is 4.33. The summed E-state index contributed by atoms with van der Waals surface area (Å²) in [5.74, 6) is -1.23. The zero-order valence-corrected chi connectivity index (χ0v) is 18.5. The van der Waals surface area contributed by atoms with Gasteiger partial charge in [0.15, 0.2) is 0 Å². The number of aryl methyl sites for hydroxylation is 2. The van der Waals surface area contributed by atoms with E-state index in [0.717, 1.165) is 29.7 Å². The molecule has 1 aliphatic heterocycles. The number of fused-ring (bicyclic) bond motifs is 2. The van der Waals surface area contributed by atoms with Crippen molar-refractivity contribution in [2.24, 2.45) is 0 Å². The van der Waals surface area contributed by atoms with Crippen LogP contribution in [0.5, 0.6) is 0 Å². The third-order valence-electron chi connectivity index (χ3n) is 6.15. The summed E-state index contributed by atoms with van der Waals surface area (Å²) in [6.07, 6.45) is 1.80. The topological polar surface area (TPSA) is 49.4 Å². The molecule has 0 saturated heterocycles. The summed E-state index contributed by atoms with van der Waals surface area (Å²) in [5.41, 5.74) is 5.41. The van der Waals surface area contributed by atoms with Crippen LogP contribution in [0.2, 0.25) is 0 Å². The largest absolute Gasteiger partial charge is 0.322 e. The highest BCUT2D eigenvalue weighted by Gasteiger charge is 2.23. The Morgan fingerprint density at radius 1 is 0.706 bits per heavy atom. The molecule has 34 heavy (non-hydrogen) atoms. The molecule has 2 amide bonds. The Morgan fingerprint density at radius 2 is 1.32 bits per heavy atom. The minimum absolute atomic E-state index is 0.0291. The molecule has 0 radical (unpaired) electrons. The Bertz CT molecular complexity index is 1360. The highest BCUT2D eigenvalue weighted by Crippen LogP contribution is 2.30. The van der Waals surface area contributed by atoms with Gasteiger partial charge in [0.25, 0.3) is 11.8 Å². The van der Waals surface area contributed by atoms with E-state index in [9.17, 15) is 14.0 Å². The number of hydrogen-bond donors (Lipinski definition) is 1. The zero-order chi connectivity index (χ0) is 23.5. The fourth-order valence-electron chi connectivity index (χ4n) is 4.34. The number of amides is 2. The lowest BCUT2D eigenvalue weighted by Gasteiger charge is -2.29. The van der Waals surface area contributed by atoms with E-state index in [1.807, 2.05) is 35.2 Å². The summed E-state index contributed by atoms with van der Waals surface area (Å²) in [6.45, 7) is 0.484. The molecule has 1 heterocycles. The SMILES string of the molecule is O=C(Nc1ccc(C(=O)N2Cc3ccccc3CCc3ccccc32)cc1)c1ccccc1F. The maximum Gasteiger partial charge on any atom is 0.258 e.